The summed E-state index contributed by atoms with van der Waals surface area (Å²) in [7, 11) is 0. The molecule has 1 aromatic heterocycles. The molecule has 6 nitrogen and oxygen atoms in total. The zero-order chi connectivity index (χ0) is 19.9. The third kappa shape index (κ3) is 6.02. The number of thiazole rings is 1. The molecule has 1 N–H and O–H groups in total. The highest BCUT2D eigenvalue weighted by atomic mass is 32.1. The fourth-order valence-corrected chi connectivity index (χ4v) is 3.94. The number of carbonyl (C=O) groups is 1. The Labute approximate surface area is 170 Å². The van der Waals surface area contributed by atoms with Gasteiger partial charge in [-0.15, -0.1) is 11.3 Å². The van der Waals surface area contributed by atoms with E-state index in [9.17, 15) is 4.79 Å². The first kappa shape index (κ1) is 20.8. The van der Waals surface area contributed by atoms with Gasteiger partial charge in [0.2, 0.25) is 5.91 Å². The Kier molecular flexibility index (Phi) is 7.42. The van der Waals surface area contributed by atoms with Gasteiger partial charge in [0.25, 0.3) is 0 Å². The van der Waals surface area contributed by atoms with Crippen LogP contribution in [-0.4, -0.2) is 55.2 Å². The zero-order valence-corrected chi connectivity index (χ0v) is 17.7. The Balaban J connectivity index is 1.54. The number of carbonyl (C=O) groups excluding carboxylic acids is 1. The number of nitrogens with zero attached hydrogens (tertiary/aromatic N) is 2. The molecular formula is C21H29N3O3S. The number of anilines is 1. The molecule has 0 unspecified atom stereocenters. The van der Waals surface area contributed by atoms with Crippen molar-refractivity contribution in [2.45, 2.75) is 27.2 Å². The molecule has 1 aromatic carbocycles. The van der Waals surface area contributed by atoms with Crippen LogP contribution < -0.4 is 10.1 Å². The van der Waals surface area contributed by atoms with Gasteiger partial charge in [-0.05, 0) is 37.1 Å². The van der Waals surface area contributed by atoms with Crippen molar-refractivity contribution < 1.29 is 14.3 Å². The largest absolute Gasteiger partial charge is 0.492 e. The van der Waals surface area contributed by atoms with E-state index in [1.807, 2.05) is 45.0 Å². The molecule has 1 amide bonds. The van der Waals surface area contributed by atoms with Crippen molar-refractivity contribution in [3.8, 4) is 17.0 Å². The standard InChI is InChI=1S/C21H29N3O3S/c1-15(2)14-19(25)22-21-23-20(16(3)28-21)17-4-6-18(7-5-17)27-13-10-24-8-11-26-12-9-24/h4-7,15H,8-14H2,1-3H3,(H,22,23,25). The summed E-state index contributed by atoms with van der Waals surface area (Å²) in [4.78, 5) is 20.0. The van der Waals surface area contributed by atoms with E-state index in [-0.39, 0.29) is 5.91 Å². The van der Waals surface area contributed by atoms with Crippen LogP contribution in [0.5, 0.6) is 5.75 Å². The van der Waals surface area contributed by atoms with E-state index in [1.165, 1.54) is 11.3 Å². The minimum absolute atomic E-state index is 0.0133. The van der Waals surface area contributed by atoms with Crippen molar-refractivity contribution in [1.82, 2.24) is 9.88 Å². The highest BCUT2D eigenvalue weighted by Gasteiger charge is 2.13. The highest BCUT2D eigenvalue weighted by Crippen LogP contribution is 2.31. The third-order valence-electron chi connectivity index (χ3n) is 4.54. The van der Waals surface area contributed by atoms with Crippen LogP contribution in [0.2, 0.25) is 0 Å². The molecule has 0 spiro atoms. The zero-order valence-electron chi connectivity index (χ0n) is 16.9. The Morgan fingerprint density at radius 1 is 1.29 bits per heavy atom. The van der Waals surface area contributed by atoms with Crippen LogP contribution in [0.15, 0.2) is 24.3 Å². The minimum atomic E-state index is 0.0133. The van der Waals surface area contributed by atoms with E-state index >= 15 is 0 Å². The van der Waals surface area contributed by atoms with Gasteiger partial charge in [-0.3, -0.25) is 9.69 Å². The van der Waals surface area contributed by atoms with Crippen LogP contribution in [0.25, 0.3) is 11.3 Å². The summed E-state index contributed by atoms with van der Waals surface area (Å²) >= 11 is 1.51. The second-order valence-corrected chi connectivity index (χ2v) is 8.60. The predicted molar refractivity (Wildman–Crippen MR) is 113 cm³/mol. The molecule has 0 bridgehead atoms. The van der Waals surface area contributed by atoms with Gasteiger partial charge in [0, 0.05) is 36.5 Å². The number of hydrogen-bond acceptors (Lipinski definition) is 6. The Morgan fingerprint density at radius 2 is 2.00 bits per heavy atom. The fraction of sp³-hybridized carbons (Fsp3) is 0.524. The number of aromatic nitrogens is 1. The van der Waals surface area contributed by atoms with Gasteiger partial charge in [-0.1, -0.05) is 13.8 Å². The number of hydrogen-bond donors (Lipinski definition) is 1. The third-order valence-corrected chi connectivity index (χ3v) is 5.43. The molecule has 2 heterocycles. The second-order valence-electron chi connectivity index (χ2n) is 7.40. The quantitative estimate of drug-likeness (QED) is 0.726. The maximum absolute atomic E-state index is 12.0. The van der Waals surface area contributed by atoms with Crippen molar-refractivity contribution in [2.75, 3.05) is 44.8 Å². The van der Waals surface area contributed by atoms with E-state index in [0.29, 0.717) is 24.1 Å². The molecular weight excluding hydrogens is 374 g/mol. The Bertz CT molecular complexity index is 768. The Hall–Kier alpha value is -1.96. The summed E-state index contributed by atoms with van der Waals surface area (Å²) < 4.78 is 11.2. The first-order valence-corrected chi connectivity index (χ1v) is 10.6. The summed E-state index contributed by atoms with van der Waals surface area (Å²) in [6.07, 6.45) is 0.504. The SMILES string of the molecule is Cc1sc(NC(=O)CC(C)C)nc1-c1ccc(OCCN2CCOCC2)cc1. The van der Waals surface area contributed by atoms with Crippen LogP contribution in [-0.2, 0) is 9.53 Å². The molecule has 0 saturated carbocycles. The van der Waals surface area contributed by atoms with Crippen molar-refractivity contribution in [3.05, 3.63) is 29.1 Å². The summed E-state index contributed by atoms with van der Waals surface area (Å²) in [5.74, 6) is 1.20. The normalized spacial score (nSPS) is 15.0. The molecule has 1 fully saturated rings. The van der Waals surface area contributed by atoms with Crippen LogP contribution in [0.4, 0.5) is 5.13 Å². The number of ether oxygens (including phenoxy) is 2. The number of nitrogens with one attached hydrogen (secondary N) is 1. The molecule has 0 aliphatic carbocycles. The maximum atomic E-state index is 12.0. The molecule has 28 heavy (non-hydrogen) atoms. The molecule has 7 heteroatoms. The van der Waals surface area contributed by atoms with Crippen LogP contribution in [0.1, 0.15) is 25.1 Å². The van der Waals surface area contributed by atoms with Gasteiger partial charge < -0.3 is 14.8 Å². The molecule has 0 atom stereocenters. The van der Waals surface area contributed by atoms with Crippen LogP contribution >= 0.6 is 11.3 Å². The van der Waals surface area contributed by atoms with Crippen molar-refractivity contribution in [3.63, 3.8) is 0 Å². The van der Waals surface area contributed by atoms with Crippen molar-refractivity contribution in [1.29, 1.82) is 0 Å². The lowest BCUT2D eigenvalue weighted by molar-refractivity contribution is -0.116. The minimum Gasteiger partial charge on any atom is -0.492 e. The van der Waals surface area contributed by atoms with Gasteiger partial charge in [0.05, 0.1) is 18.9 Å². The number of morpholine rings is 1. The number of amides is 1. The highest BCUT2D eigenvalue weighted by molar-refractivity contribution is 7.16. The summed E-state index contributed by atoms with van der Waals surface area (Å²) in [6.45, 7) is 11.2. The summed E-state index contributed by atoms with van der Waals surface area (Å²) in [6, 6.07) is 7.99. The number of aryl methyl sites for hydroxylation is 1. The summed E-state index contributed by atoms with van der Waals surface area (Å²) in [5, 5.41) is 3.56. The van der Waals surface area contributed by atoms with Gasteiger partial charge in [-0.2, -0.15) is 0 Å². The monoisotopic (exact) mass is 403 g/mol. The van der Waals surface area contributed by atoms with Gasteiger partial charge in [0.15, 0.2) is 5.13 Å². The lowest BCUT2D eigenvalue weighted by Gasteiger charge is -2.26. The first-order valence-electron chi connectivity index (χ1n) is 9.82. The van der Waals surface area contributed by atoms with E-state index in [4.69, 9.17) is 9.47 Å². The Morgan fingerprint density at radius 3 is 2.68 bits per heavy atom. The van der Waals surface area contributed by atoms with Crippen LogP contribution in [0, 0.1) is 12.8 Å². The average Bonchev–Trinajstić information content (AvgIpc) is 3.02. The lowest BCUT2D eigenvalue weighted by Crippen LogP contribution is -2.38. The fourth-order valence-electron chi connectivity index (χ4n) is 3.09. The van der Waals surface area contributed by atoms with Gasteiger partial charge in [-0.25, -0.2) is 4.98 Å². The number of rotatable bonds is 8. The smallest absolute Gasteiger partial charge is 0.226 e. The molecule has 1 aliphatic rings. The lowest BCUT2D eigenvalue weighted by atomic mass is 10.1. The van der Waals surface area contributed by atoms with Crippen LogP contribution in [0.3, 0.4) is 0 Å². The van der Waals surface area contributed by atoms with E-state index in [2.05, 4.69) is 15.2 Å². The molecule has 3 rings (SSSR count). The molecule has 152 valence electrons. The maximum Gasteiger partial charge on any atom is 0.226 e. The second kappa shape index (κ2) is 10.0. The van der Waals surface area contributed by atoms with Gasteiger partial charge in [0.1, 0.15) is 12.4 Å². The molecule has 1 saturated heterocycles. The first-order chi connectivity index (χ1) is 13.5. The predicted octanol–water partition coefficient (Wildman–Crippen LogP) is 3.81. The topological polar surface area (TPSA) is 63.7 Å². The van der Waals surface area contributed by atoms with Crippen molar-refractivity contribution in [2.24, 2.45) is 5.92 Å². The molecule has 0 radical (unpaired) electrons. The van der Waals surface area contributed by atoms with E-state index in [1.54, 1.807) is 0 Å². The van der Waals surface area contributed by atoms with E-state index in [0.717, 1.165) is 54.7 Å². The average molecular weight is 404 g/mol. The number of benzene rings is 1. The summed E-state index contributed by atoms with van der Waals surface area (Å²) in [5.41, 5.74) is 1.93. The molecule has 2 aromatic rings. The van der Waals surface area contributed by atoms with Crippen molar-refractivity contribution >= 4 is 22.4 Å². The molecule has 1 aliphatic heterocycles. The van der Waals surface area contributed by atoms with E-state index < -0.39 is 0 Å². The van der Waals surface area contributed by atoms with Gasteiger partial charge >= 0.3 is 0 Å².